The van der Waals surface area contributed by atoms with E-state index in [1.54, 1.807) is 30.0 Å². The van der Waals surface area contributed by atoms with E-state index < -0.39 is 12.0 Å². The highest BCUT2D eigenvalue weighted by Gasteiger charge is 2.34. The van der Waals surface area contributed by atoms with Gasteiger partial charge in [0.1, 0.15) is 22.3 Å². The molecule has 0 saturated carbocycles. The number of likely N-dealkylation sites (N-methyl/N-ethyl adjacent to an activating group) is 1. The fraction of sp³-hybridized carbons (Fsp3) is 0.231. The van der Waals surface area contributed by atoms with Crippen LogP contribution in [-0.4, -0.2) is 51.6 Å². The molecule has 0 radical (unpaired) electrons. The average molecular weight is 495 g/mol. The van der Waals surface area contributed by atoms with E-state index >= 15 is 0 Å². The van der Waals surface area contributed by atoms with E-state index in [-0.39, 0.29) is 10.6 Å². The number of furan rings is 1. The van der Waals surface area contributed by atoms with E-state index in [1.165, 1.54) is 11.8 Å². The highest BCUT2D eigenvalue weighted by Crippen LogP contribution is 2.39. The smallest absolute Gasteiger partial charge is 0.321 e. The van der Waals surface area contributed by atoms with Gasteiger partial charge in [0.25, 0.3) is 5.91 Å². The Morgan fingerprint density at radius 1 is 1.12 bits per heavy atom. The lowest BCUT2D eigenvalue weighted by Crippen LogP contribution is -2.37. The number of aliphatic carboxylic acids is 1. The number of thiol groups is 1. The largest absolute Gasteiger partial charge is 0.480 e. The molecule has 0 bridgehead atoms. The molecular formula is C26H26N2O4S2. The van der Waals surface area contributed by atoms with Crippen LogP contribution in [0, 0.1) is 0 Å². The predicted molar refractivity (Wildman–Crippen MR) is 138 cm³/mol. The number of nitrogens with zero attached hydrogens (tertiary/aromatic N) is 2. The maximum atomic E-state index is 12.9. The standard InChI is InChI=1S/C26H26N2O4S2/c1-27(2)21(25(30)31)14-17-8-10-19(11-9-17)22-13-12-20(32-22)15-23-24(29)28(26(33)34-23)16-18-6-4-3-5-7-18/h3-13,15,21,26,33H,14,16H2,1-2H3,(H,30,31)/b23-15-. The average Bonchev–Trinajstić information content (AvgIpc) is 3.38. The zero-order valence-corrected chi connectivity index (χ0v) is 20.6. The molecule has 0 aliphatic carbocycles. The molecule has 176 valence electrons. The highest BCUT2D eigenvalue weighted by atomic mass is 32.2. The molecule has 1 N–H and O–H groups in total. The first-order chi connectivity index (χ1) is 16.3. The SMILES string of the molecule is CN(C)C(Cc1ccc(-c2ccc(/C=C3\SC(S)N(Cc4ccccc4)C3=O)o2)cc1)C(=O)O. The molecule has 1 fully saturated rings. The van der Waals surface area contributed by atoms with E-state index in [0.717, 1.165) is 16.7 Å². The van der Waals surface area contributed by atoms with Crippen LogP contribution in [0.1, 0.15) is 16.9 Å². The minimum Gasteiger partial charge on any atom is -0.480 e. The number of carboxylic acids is 1. The predicted octanol–water partition coefficient (Wildman–Crippen LogP) is 4.83. The summed E-state index contributed by atoms with van der Waals surface area (Å²) < 4.78 is 5.73. The first kappa shape index (κ1) is 24.2. The van der Waals surface area contributed by atoms with Crippen molar-refractivity contribution < 1.29 is 19.1 Å². The maximum Gasteiger partial charge on any atom is 0.321 e. The maximum absolute atomic E-state index is 12.9. The third-order valence-electron chi connectivity index (χ3n) is 5.64. The van der Waals surface area contributed by atoms with Crippen LogP contribution in [0.25, 0.3) is 17.4 Å². The van der Waals surface area contributed by atoms with Gasteiger partial charge >= 0.3 is 5.97 Å². The van der Waals surface area contributed by atoms with Crippen molar-refractivity contribution in [1.82, 2.24) is 9.80 Å². The third-order valence-corrected chi connectivity index (χ3v) is 7.25. The summed E-state index contributed by atoms with van der Waals surface area (Å²) in [5, 5.41) is 9.39. The summed E-state index contributed by atoms with van der Waals surface area (Å²) in [6.45, 7) is 0.504. The Labute approximate surface area is 208 Å². The van der Waals surface area contributed by atoms with E-state index in [1.807, 2.05) is 66.7 Å². The monoisotopic (exact) mass is 494 g/mol. The number of hydrogen-bond donors (Lipinski definition) is 2. The summed E-state index contributed by atoms with van der Waals surface area (Å²) in [7, 11) is 3.52. The molecule has 2 aromatic carbocycles. The second kappa shape index (κ2) is 10.5. The van der Waals surface area contributed by atoms with Gasteiger partial charge in [-0.05, 0) is 43.8 Å². The number of carbonyl (C=O) groups excluding carboxylic acids is 1. The van der Waals surface area contributed by atoms with Gasteiger partial charge in [0, 0.05) is 18.2 Å². The second-order valence-corrected chi connectivity index (χ2v) is 10.3. The Hall–Kier alpha value is -2.94. The van der Waals surface area contributed by atoms with Crippen molar-refractivity contribution in [3.63, 3.8) is 0 Å². The van der Waals surface area contributed by atoms with Gasteiger partial charge in [-0.25, -0.2) is 0 Å². The van der Waals surface area contributed by atoms with Crippen molar-refractivity contribution >= 4 is 42.3 Å². The van der Waals surface area contributed by atoms with Gasteiger partial charge in [-0.2, -0.15) is 0 Å². The highest BCUT2D eigenvalue weighted by molar-refractivity contribution is 8.14. The van der Waals surface area contributed by atoms with Crippen molar-refractivity contribution in [2.75, 3.05) is 14.1 Å². The van der Waals surface area contributed by atoms with Crippen molar-refractivity contribution in [2.45, 2.75) is 23.7 Å². The van der Waals surface area contributed by atoms with Crippen LogP contribution < -0.4 is 0 Å². The number of carbonyl (C=O) groups is 2. The van der Waals surface area contributed by atoms with Crippen LogP contribution in [0.15, 0.2) is 76.1 Å². The quantitative estimate of drug-likeness (QED) is 0.345. The molecule has 8 heteroatoms. The van der Waals surface area contributed by atoms with Gasteiger partial charge in [-0.1, -0.05) is 66.4 Å². The van der Waals surface area contributed by atoms with Gasteiger partial charge in [0.2, 0.25) is 0 Å². The molecular weight excluding hydrogens is 468 g/mol. The van der Waals surface area contributed by atoms with Crippen LogP contribution in [0.3, 0.4) is 0 Å². The zero-order valence-electron chi connectivity index (χ0n) is 18.9. The molecule has 1 aliphatic heterocycles. The van der Waals surface area contributed by atoms with Crippen LogP contribution in [0.2, 0.25) is 0 Å². The lowest BCUT2D eigenvalue weighted by atomic mass is 10.0. The van der Waals surface area contributed by atoms with E-state index in [4.69, 9.17) is 4.42 Å². The van der Waals surface area contributed by atoms with Gasteiger partial charge < -0.3 is 14.4 Å². The van der Waals surface area contributed by atoms with Crippen molar-refractivity contribution in [1.29, 1.82) is 0 Å². The number of rotatable bonds is 8. The topological polar surface area (TPSA) is 74.0 Å². The lowest BCUT2D eigenvalue weighted by molar-refractivity contribution is -0.142. The summed E-state index contributed by atoms with van der Waals surface area (Å²) in [6.07, 6.45) is 2.18. The lowest BCUT2D eigenvalue weighted by Gasteiger charge is -2.19. The Kier molecular flexibility index (Phi) is 7.50. The number of hydrogen-bond acceptors (Lipinski definition) is 6. The number of benzene rings is 2. The summed E-state index contributed by atoms with van der Waals surface area (Å²) >= 11 is 5.98. The Morgan fingerprint density at radius 2 is 1.82 bits per heavy atom. The molecule has 3 aromatic rings. The molecule has 1 amide bonds. The van der Waals surface area contributed by atoms with E-state index in [9.17, 15) is 14.7 Å². The van der Waals surface area contributed by atoms with Crippen molar-refractivity contribution in [3.8, 4) is 11.3 Å². The molecule has 4 rings (SSSR count). The van der Waals surface area contributed by atoms with Crippen molar-refractivity contribution in [2.24, 2.45) is 0 Å². The van der Waals surface area contributed by atoms with Crippen LogP contribution in [-0.2, 0) is 22.6 Å². The molecule has 2 heterocycles. The van der Waals surface area contributed by atoms with E-state index in [2.05, 4.69) is 12.6 Å². The number of thioether (sulfide) groups is 1. The Bertz CT molecular complexity index is 1190. The Morgan fingerprint density at radius 3 is 2.47 bits per heavy atom. The summed E-state index contributed by atoms with van der Waals surface area (Å²) in [5.41, 5.74) is 2.87. The number of amides is 1. The van der Waals surface area contributed by atoms with Crippen LogP contribution in [0.5, 0.6) is 0 Å². The van der Waals surface area contributed by atoms with E-state index in [0.29, 0.717) is 29.4 Å². The summed E-state index contributed by atoms with van der Waals surface area (Å²) in [4.78, 5) is 28.4. The molecule has 1 aromatic heterocycles. The first-order valence-corrected chi connectivity index (χ1v) is 12.2. The third kappa shape index (κ3) is 5.58. The molecule has 1 saturated heterocycles. The fourth-order valence-corrected chi connectivity index (χ4v) is 5.18. The van der Waals surface area contributed by atoms with Gasteiger partial charge in [-0.15, -0.1) is 12.6 Å². The summed E-state index contributed by atoms with van der Waals surface area (Å²) in [5.74, 6) is 0.364. The normalized spacial score (nSPS) is 18.1. The fourth-order valence-electron chi connectivity index (χ4n) is 3.73. The molecule has 34 heavy (non-hydrogen) atoms. The minimum atomic E-state index is -0.845. The van der Waals surface area contributed by atoms with Gasteiger partial charge in [-0.3, -0.25) is 14.5 Å². The zero-order chi connectivity index (χ0) is 24.2. The Balaban J connectivity index is 1.45. The van der Waals surface area contributed by atoms with Gasteiger partial charge in [0.15, 0.2) is 0 Å². The second-order valence-electron chi connectivity index (χ2n) is 8.29. The minimum absolute atomic E-state index is 0.0648. The molecule has 0 spiro atoms. The molecule has 1 aliphatic rings. The summed E-state index contributed by atoms with van der Waals surface area (Å²) in [6, 6.07) is 20.6. The molecule has 2 unspecified atom stereocenters. The van der Waals surface area contributed by atoms with Crippen LogP contribution in [0.4, 0.5) is 0 Å². The molecule has 2 atom stereocenters. The van der Waals surface area contributed by atoms with Crippen molar-refractivity contribution in [3.05, 3.63) is 88.5 Å². The first-order valence-electron chi connectivity index (χ1n) is 10.8. The van der Waals surface area contributed by atoms with Crippen LogP contribution >= 0.6 is 24.4 Å². The van der Waals surface area contributed by atoms with Gasteiger partial charge in [0.05, 0.1) is 4.91 Å². The molecule has 6 nitrogen and oxygen atoms in total. The number of carboxylic acid groups (broad SMARTS) is 1.